The summed E-state index contributed by atoms with van der Waals surface area (Å²) in [6, 6.07) is 3.11. The van der Waals surface area contributed by atoms with Crippen LogP contribution in [0.15, 0.2) is 29.5 Å². The molecule has 0 aromatic carbocycles. The van der Waals surface area contributed by atoms with Crippen LogP contribution in [0.4, 0.5) is 16.0 Å². The van der Waals surface area contributed by atoms with Gasteiger partial charge in [-0.2, -0.15) is 5.10 Å². The molecule has 2 fully saturated rings. The van der Waals surface area contributed by atoms with Crippen molar-refractivity contribution in [3.8, 4) is 0 Å². The molecule has 8 nitrogen and oxygen atoms in total. The van der Waals surface area contributed by atoms with Crippen molar-refractivity contribution >= 4 is 11.6 Å². The minimum absolute atomic E-state index is 0.107. The highest BCUT2D eigenvalue weighted by molar-refractivity contribution is 5.41. The highest BCUT2D eigenvalue weighted by Gasteiger charge is 2.30. The number of rotatable bonds is 5. The van der Waals surface area contributed by atoms with E-state index < -0.39 is 11.9 Å². The first-order valence-corrected chi connectivity index (χ1v) is 9.87. The van der Waals surface area contributed by atoms with Crippen molar-refractivity contribution in [1.29, 1.82) is 0 Å². The maximum atomic E-state index is 13.8. The zero-order chi connectivity index (χ0) is 19.5. The Morgan fingerprint density at radius 1 is 1.21 bits per heavy atom. The van der Waals surface area contributed by atoms with E-state index in [0.717, 1.165) is 44.8 Å². The van der Waals surface area contributed by atoms with E-state index in [0.29, 0.717) is 18.8 Å². The lowest BCUT2D eigenvalue weighted by atomic mass is 10.0. The number of aliphatic hydroxyl groups is 1. The van der Waals surface area contributed by atoms with Crippen molar-refractivity contribution in [1.82, 2.24) is 19.7 Å². The molecule has 150 valence electrons. The van der Waals surface area contributed by atoms with Crippen LogP contribution in [0.5, 0.6) is 0 Å². The summed E-state index contributed by atoms with van der Waals surface area (Å²) in [6.07, 6.45) is 7.32. The van der Waals surface area contributed by atoms with E-state index >= 15 is 0 Å². The van der Waals surface area contributed by atoms with Crippen LogP contribution >= 0.6 is 0 Å². The zero-order valence-electron chi connectivity index (χ0n) is 15.7. The topological polar surface area (TPSA) is 96.2 Å². The Morgan fingerprint density at radius 3 is 2.89 bits per heavy atom. The Morgan fingerprint density at radius 2 is 2.11 bits per heavy atom. The molecule has 3 atom stereocenters. The first-order valence-electron chi connectivity index (χ1n) is 9.87. The van der Waals surface area contributed by atoms with Crippen LogP contribution in [0, 0.1) is 5.82 Å². The summed E-state index contributed by atoms with van der Waals surface area (Å²) in [5.74, 6) is 0.424. The molecule has 0 amide bonds. The van der Waals surface area contributed by atoms with Gasteiger partial charge in [-0.1, -0.05) is 0 Å². The van der Waals surface area contributed by atoms with Gasteiger partial charge in [-0.3, -0.25) is 4.79 Å². The molecule has 4 rings (SSSR count). The van der Waals surface area contributed by atoms with Gasteiger partial charge in [0, 0.05) is 25.2 Å². The zero-order valence-corrected chi connectivity index (χ0v) is 15.7. The van der Waals surface area contributed by atoms with Gasteiger partial charge in [0.25, 0.3) is 5.56 Å². The van der Waals surface area contributed by atoms with Crippen LogP contribution in [-0.2, 0) is 0 Å². The third-order valence-electron chi connectivity index (χ3n) is 5.66. The average molecular weight is 388 g/mol. The van der Waals surface area contributed by atoms with Gasteiger partial charge < -0.3 is 15.3 Å². The second-order valence-electron chi connectivity index (χ2n) is 7.48. The van der Waals surface area contributed by atoms with E-state index in [1.807, 2.05) is 0 Å². The largest absolute Gasteiger partial charge is 0.391 e. The number of halogens is 1. The molecule has 2 aromatic rings. The molecule has 28 heavy (non-hydrogen) atoms. The minimum Gasteiger partial charge on any atom is -0.391 e. The molecule has 0 bridgehead atoms. The van der Waals surface area contributed by atoms with Crippen molar-refractivity contribution in [3.05, 3.63) is 40.8 Å². The Labute approximate surface area is 162 Å². The maximum Gasteiger partial charge on any atom is 0.267 e. The van der Waals surface area contributed by atoms with E-state index in [1.165, 1.54) is 17.1 Å². The number of anilines is 2. The summed E-state index contributed by atoms with van der Waals surface area (Å²) >= 11 is 0. The van der Waals surface area contributed by atoms with Crippen LogP contribution in [0.25, 0.3) is 0 Å². The molecule has 0 spiro atoms. The monoisotopic (exact) mass is 388 g/mol. The van der Waals surface area contributed by atoms with Crippen molar-refractivity contribution < 1.29 is 9.50 Å². The standard InChI is InChI=1S/C19H25FN6O2/c20-14-11-21-12-23-19(14)22-10-13-4-1-2-9-25(13)17-7-8-18(28)26(24-17)15-5-3-6-16(15)27/h7-8,11-13,15-16,27H,1-6,9-10H2,(H,21,22,23). The lowest BCUT2D eigenvalue weighted by Gasteiger charge is -2.37. The fraction of sp³-hybridized carbons (Fsp3) is 0.579. The van der Waals surface area contributed by atoms with Gasteiger partial charge >= 0.3 is 0 Å². The van der Waals surface area contributed by atoms with Crippen LogP contribution in [0.2, 0.25) is 0 Å². The minimum atomic E-state index is -0.528. The van der Waals surface area contributed by atoms with Crippen LogP contribution in [0.1, 0.15) is 44.6 Å². The summed E-state index contributed by atoms with van der Waals surface area (Å²) in [5.41, 5.74) is -0.190. The molecule has 2 aliphatic rings. The molecule has 3 unspecified atom stereocenters. The molecule has 3 heterocycles. The highest BCUT2D eigenvalue weighted by Crippen LogP contribution is 2.29. The third kappa shape index (κ3) is 3.84. The number of nitrogens with zero attached hydrogens (tertiary/aromatic N) is 5. The van der Waals surface area contributed by atoms with Crippen LogP contribution in [-0.4, -0.2) is 50.1 Å². The van der Waals surface area contributed by atoms with E-state index in [1.54, 1.807) is 6.07 Å². The second-order valence-corrected chi connectivity index (χ2v) is 7.48. The molecule has 1 saturated carbocycles. The summed E-state index contributed by atoms with van der Waals surface area (Å²) in [4.78, 5) is 22.1. The molecule has 1 aliphatic heterocycles. The number of nitrogens with one attached hydrogen (secondary N) is 1. The van der Waals surface area contributed by atoms with E-state index in [4.69, 9.17) is 0 Å². The molecule has 2 N–H and O–H groups in total. The van der Waals surface area contributed by atoms with Gasteiger partial charge in [0.2, 0.25) is 0 Å². The number of hydrogen-bond acceptors (Lipinski definition) is 7. The van der Waals surface area contributed by atoms with Gasteiger partial charge in [-0.15, -0.1) is 0 Å². The number of aromatic nitrogens is 4. The smallest absolute Gasteiger partial charge is 0.267 e. The summed E-state index contributed by atoms with van der Waals surface area (Å²) < 4.78 is 15.2. The van der Waals surface area contributed by atoms with Gasteiger partial charge in [0.05, 0.1) is 18.3 Å². The number of hydrogen-bond donors (Lipinski definition) is 2. The van der Waals surface area contributed by atoms with Crippen LogP contribution < -0.4 is 15.8 Å². The lowest BCUT2D eigenvalue weighted by Crippen LogP contribution is -2.45. The molecule has 2 aromatic heterocycles. The Kier molecular flexibility index (Phi) is 5.52. The lowest BCUT2D eigenvalue weighted by molar-refractivity contribution is 0.127. The maximum absolute atomic E-state index is 13.8. The number of piperidine rings is 1. The van der Waals surface area contributed by atoms with E-state index in [2.05, 4.69) is 25.3 Å². The van der Waals surface area contributed by atoms with Crippen LogP contribution in [0.3, 0.4) is 0 Å². The molecule has 1 aliphatic carbocycles. The number of aliphatic hydroxyl groups excluding tert-OH is 1. The molecular weight excluding hydrogens is 363 g/mol. The molecule has 9 heteroatoms. The quantitative estimate of drug-likeness (QED) is 0.805. The summed E-state index contributed by atoms with van der Waals surface area (Å²) in [6.45, 7) is 1.33. The van der Waals surface area contributed by atoms with Gasteiger partial charge in [-0.05, 0) is 44.6 Å². The van der Waals surface area contributed by atoms with E-state index in [-0.39, 0.29) is 23.5 Å². The fourth-order valence-corrected chi connectivity index (χ4v) is 4.18. The van der Waals surface area contributed by atoms with Crippen molar-refractivity contribution in [2.75, 3.05) is 23.3 Å². The average Bonchev–Trinajstić information content (AvgIpc) is 3.14. The SMILES string of the molecule is O=c1ccc(N2CCCCC2CNc2ncncc2F)nn1C1CCCC1O. The third-order valence-corrected chi connectivity index (χ3v) is 5.66. The van der Waals surface area contributed by atoms with Crippen molar-refractivity contribution in [2.45, 2.75) is 56.7 Å². The fourth-order valence-electron chi connectivity index (χ4n) is 4.18. The van der Waals surface area contributed by atoms with Crippen molar-refractivity contribution in [3.63, 3.8) is 0 Å². The summed E-state index contributed by atoms with van der Waals surface area (Å²) in [7, 11) is 0. The normalized spacial score (nSPS) is 25.1. The van der Waals surface area contributed by atoms with E-state index in [9.17, 15) is 14.3 Å². The predicted molar refractivity (Wildman–Crippen MR) is 103 cm³/mol. The van der Waals surface area contributed by atoms with Crippen molar-refractivity contribution in [2.24, 2.45) is 0 Å². The molecule has 1 saturated heterocycles. The van der Waals surface area contributed by atoms with Gasteiger partial charge in [-0.25, -0.2) is 19.0 Å². The Bertz CT molecular complexity index is 875. The predicted octanol–water partition coefficient (Wildman–Crippen LogP) is 1.73. The Hall–Kier alpha value is -2.55. The highest BCUT2D eigenvalue weighted by atomic mass is 19.1. The first-order chi connectivity index (χ1) is 13.6. The second kappa shape index (κ2) is 8.22. The van der Waals surface area contributed by atoms with Gasteiger partial charge in [0.15, 0.2) is 11.6 Å². The molecule has 0 radical (unpaired) electrons. The molecular formula is C19H25FN6O2. The first kappa shape index (κ1) is 18.8. The Balaban J connectivity index is 1.54. The summed E-state index contributed by atoms with van der Waals surface area (Å²) in [5, 5.41) is 17.8. The van der Waals surface area contributed by atoms with Gasteiger partial charge in [0.1, 0.15) is 12.1 Å².